The van der Waals surface area contributed by atoms with Gasteiger partial charge in [0, 0.05) is 0 Å². The van der Waals surface area contributed by atoms with Crippen LogP contribution in [0.1, 0.15) is 38.7 Å². The van der Waals surface area contributed by atoms with Gasteiger partial charge in [0.15, 0.2) is 0 Å². The molecule has 0 saturated carbocycles. The van der Waals surface area contributed by atoms with Gasteiger partial charge in [-0.1, -0.05) is 32.4 Å². The lowest BCUT2D eigenvalue weighted by Gasteiger charge is -2.13. The highest BCUT2D eigenvalue weighted by Crippen LogP contribution is 2.14. The number of benzene rings is 1. The molecule has 5 heteroatoms. The molecule has 2 N–H and O–H groups in total. The van der Waals surface area contributed by atoms with Crippen LogP contribution in [0.5, 0.6) is 5.75 Å². The van der Waals surface area contributed by atoms with E-state index in [4.69, 9.17) is 9.84 Å². The molecule has 1 amide bonds. The van der Waals surface area contributed by atoms with E-state index in [1.807, 2.05) is 38.1 Å². The first-order valence-electron chi connectivity index (χ1n) is 7.30. The molecule has 0 aliphatic carbocycles. The first-order chi connectivity index (χ1) is 10.1. The molecule has 0 saturated heterocycles. The summed E-state index contributed by atoms with van der Waals surface area (Å²) in [5.74, 6) is -0.556. The average Bonchev–Trinajstić information content (AvgIpc) is 2.45. The van der Waals surface area contributed by atoms with Gasteiger partial charge in [0.05, 0.1) is 13.0 Å². The topological polar surface area (TPSA) is 75.6 Å². The van der Waals surface area contributed by atoms with E-state index in [0.29, 0.717) is 19.4 Å². The monoisotopic (exact) mass is 293 g/mol. The maximum atomic E-state index is 11.9. The van der Waals surface area contributed by atoms with Crippen LogP contribution in [0.15, 0.2) is 24.3 Å². The van der Waals surface area contributed by atoms with Crippen molar-refractivity contribution in [2.24, 2.45) is 0 Å². The standard InChI is InChI=1S/C16H23NO4/c1-3-6-14(16(19)20)17-15(18)11-12-7-5-8-13(10-12)21-9-4-2/h5,7-8,10,14H,3-4,6,9,11H2,1-2H3,(H,17,18)(H,19,20). The fourth-order valence-corrected chi connectivity index (χ4v) is 1.94. The van der Waals surface area contributed by atoms with Gasteiger partial charge in [-0.2, -0.15) is 0 Å². The van der Waals surface area contributed by atoms with E-state index in [1.165, 1.54) is 0 Å². The third-order valence-corrected chi connectivity index (χ3v) is 2.95. The number of hydrogen-bond donors (Lipinski definition) is 2. The molecule has 1 atom stereocenters. The van der Waals surface area contributed by atoms with Crippen LogP contribution in [0.4, 0.5) is 0 Å². The molecule has 5 nitrogen and oxygen atoms in total. The van der Waals surface area contributed by atoms with Crippen molar-refractivity contribution in [3.05, 3.63) is 29.8 Å². The van der Waals surface area contributed by atoms with E-state index in [1.54, 1.807) is 0 Å². The Balaban J connectivity index is 2.59. The number of hydrogen-bond acceptors (Lipinski definition) is 3. The van der Waals surface area contributed by atoms with Crippen molar-refractivity contribution in [3.8, 4) is 5.75 Å². The van der Waals surface area contributed by atoms with Crippen LogP contribution in [0.2, 0.25) is 0 Å². The molecule has 1 rings (SSSR count). The van der Waals surface area contributed by atoms with Crippen LogP contribution in [-0.2, 0) is 16.0 Å². The molecule has 1 aromatic rings. The molecule has 21 heavy (non-hydrogen) atoms. The van der Waals surface area contributed by atoms with Crippen LogP contribution in [0.3, 0.4) is 0 Å². The number of amides is 1. The number of nitrogens with one attached hydrogen (secondary N) is 1. The largest absolute Gasteiger partial charge is 0.494 e. The second-order valence-corrected chi connectivity index (χ2v) is 4.92. The molecule has 0 bridgehead atoms. The summed E-state index contributed by atoms with van der Waals surface area (Å²) in [6.07, 6.45) is 2.21. The Hall–Kier alpha value is -2.04. The van der Waals surface area contributed by atoms with Crippen molar-refractivity contribution < 1.29 is 19.4 Å². The average molecular weight is 293 g/mol. The van der Waals surface area contributed by atoms with Crippen molar-refractivity contribution in [2.45, 2.75) is 45.6 Å². The van der Waals surface area contributed by atoms with Crippen LogP contribution < -0.4 is 10.1 Å². The fourth-order valence-electron chi connectivity index (χ4n) is 1.94. The molecular formula is C16H23NO4. The lowest BCUT2D eigenvalue weighted by molar-refractivity contribution is -0.141. The van der Waals surface area contributed by atoms with Gasteiger partial charge in [-0.3, -0.25) is 4.79 Å². The van der Waals surface area contributed by atoms with Crippen molar-refractivity contribution in [2.75, 3.05) is 6.61 Å². The van der Waals surface area contributed by atoms with Gasteiger partial charge in [0.25, 0.3) is 0 Å². The molecule has 0 radical (unpaired) electrons. The Bertz CT molecular complexity index is 473. The van der Waals surface area contributed by atoms with Gasteiger partial charge in [-0.05, 0) is 30.5 Å². The van der Waals surface area contributed by atoms with Gasteiger partial charge in [0.2, 0.25) is 5.91 Å². The van der Waals surface area contributed by atoms with Crippen molar-refractivity contribution >= 4 is 11.9 Å². The molecule has 0 aliphatic rings. The number of carbonyl (C=O) groups excluding carboxylic acids is 1. The Kier molecular flexibility index (Phi) is 7.29. The first-order valence-corrected chi connectivity index (χ1v) is 7.30. The minimum Gasteiger partial charge on any atom is -0.494 e. The second-order valence-electron chi connectivity index (χ2n) is 4.92. The SMILES string of the molecule is CCCOc1cccc(CC(=O)NC(CCC)C(=O)O)c1. The summed E-state index contributed by atoms with van der Waals surface area (Å²) in [4.78, 5) is 22.9. The molecule has 1 aromatic carbocycles. The van der Waals surface area contributed by atoms with Gasteiger partial charge in [-0.15, -0.1) is 0 Å². The van der Waals surface area contributed by atoms with Crippen LogP contribution >= 0.6 is 0 Å². The quantitative estimate of drug-likeness (QED) is 0.733. The van der Waals surface area contributed by atoms with E-state index in [0.717, 1.165) is 17.7 Å². The molecular weight excluding hydrogens is 270 g/mol. The summed E-state index contributed by atoms with van der Waals surface area (Å²) in [6.45, 7) is 4.54. The van der Waals surface area contributed by atoms with Crippen LogP contribution in [0, 0.1) is 0 Å². The lowest BCUT2D eigenvalue weighted by atomic mass is 10.1. The zero-order valence-corrected chi connectivity index (χ0v) is 12.6. The first kappa shape index (κ1) is 17.0. The minimum absolute atomic E-state index is 0.150. The fraction of sp³-hybridized carbons (Fsp3) is 0.500. The molecule has 0 fully saturated rings. The Morgan fingerprint density at radius 2 is 2.05 bits per heavy atom. The predicted octanol–water partition coefficient (Wildman–Crippen LogP) is 2.39. The minimum atomic E-state index is -0.995. The molecule has 0 spiro atoms. The summed E-state index contributed by atoms with van der Waals surface area (Å²) in [5, 5.41) is 11.6. The number of carboxylic acid groups (broad SMARTS) is 1. The molecule has 1 unspecified atom stereocenters. The summed E-state index contributed by atoms with van der Waals surface area (Å²) in [6, 6.07) is 6.49. The number of rotatable bonds is 9. The third-order valence-electron chi connectivity index (χ3n) is 2.95. The van der Waals surface area contributed by atoms with Gasteiger partial charge in [0.1, 0.15) is 11.8 Å². The van der Waals surface area contributed by atoms with Crippen LogP contribution in [-0.4, -0.2) is 29.6 Å². The smallest absolute Gasteiger partial charge is 0.326 e. The normalized spacial score (nSPS) is 11.7. The summed E-state index contributed by atoms with van der Waals surface area (Å²) >= 11 is 0. The van der Waals surface area contributed by atoms with Gasteiger partial charge >= 0.3 is 5.97 Å². The van der Waals surface area contributed by atoms with Crippen LogP contribution in [0.25, 0.3) is 0 Å². The van der Waals surface area contributed by atoms with E-state index in [2.05, 4.69) is 5.32 Å². The summed E-state index contributed by atoms with van der Waals surface area (Å²) in [5.41, 5.74) is 0.807. The maximum Gasteiger partial charge on any atom is 0.326 e. The lowest BCUT2D eigenvalue weighted by Crippen LogP contribution is -2.41. The van der Waals surface area contributed by atoms with Gasteiger partial charge in [-0.25, -0.2) is 4.79 Å². The molecule has 116 valence electrons. The zero-order valence-electron chi connectivity index (χ0n) is 12.6. The second kappa shape index (κ2) is 9.00. The number of aliphatic carboxylic acids is 1. The van der Waals surface area contributed by atoms with E-state index < -0.39 is 12.0 Å². The summed E-state index contributed by atoms with van der Waals surface area (Å²) < 4.78 is 5.51. The Morgan fingerprint density at radius 3 is 2.67 bits per heavy atom. The van der Waals surface area contributed by atoms with Crippen molar-refractivity contribution in [1.29, 1.82) is 0 Å². The maximum absolute atomic E-state index is 11.9. The number of carbonyl (C=O) groups is 2. The van der Waals surface area contributed by atoms with Gasteiger partial charge < -0.3 is 15.2 Å². The van der Waals surface area contributed by atoms with Crippen molar-refractivity contribution in [1.82, 2.24) is 5.32 Å². The van der Waals surface area contributed by atoms with E-state index in [9.17, 15) is 9.59 Å². The highest BCUT2D eigenvalue weighted by molar-refractivity contribution is 5.84. The highest BCUT2D eigenvalue weighted by Gasteiger charge is 2.18. The molecule has 0 heterocycles. The Labute approximate surface area is 125 Å². The Morgan fingerprint density at radius 1 is 1.29 bits per heavy atom. The molecule has 0 aliphatic heterocycles. The van der Waals surface area contributed by atoms with E-state index in [-0.39, 0.29) is 12.3 Å². The zero-order chi connectivity index (χ0) is 15.7. The highest BCUT2D eigenvalue weighted by atomic mass is 16.5. The number of ether oxygens (including phenoxy) is 1. The predicted molar refractivity (Wildman–Crippen MR) is 80.4 cm³/mol. The van der Waals surface area contributed by atoms with Crippen molar-refractivity contribution in [3.63, 3.8) is 0 Å². The summed E-state index contributed by atoms with van der Waals surface area (Å²) in [7, 11) is 0. The van der Waals surface area contributed by atoms with E-state index >= 15 is 0 Å². The molecule has 0 aromatic heterocycles. The number of carboxylic acids is 1. The third kappa shape index (κ3) is 6.29.